The Balaban J connectivity index is 1.66. The number of aromatic hydroxyl groups is 1. The van der Waals surface area contributed by atoms with Gasteiger partial charge in [0.15, 0.2) is 34.5 Å². The van der Waals surface area contributed by atoms with Gasteiger partial charge in [0.2, 0.25) is 5.91 Å². The SMILES string of the molecule is CN(C)[C@@H]1C(=O)C(C(N)=O)C(=O)[C@@]2(C#N)C(=O)C3C(=O)c4c(O)ccc(/C=C/c5ccc(C(F)(F)F)cc5)c4C[C@@]3(N)C[C@@]12N. The van der Waals surface area contributed by atoms with Crippen molar-refractivity contribution in [2.75, 3.05) is 14.1 Å². The molecule has 0 aromatic heterocycles. The molecular formula is C31H28F3N5O6. The average molecular weight is 624 g/mol. The van der Waals surface area contributed by atoms with E-state index in [1.165, 1.54) is 55.4 Å². The normalized spacial score (nSPS) is 31.4. The Morgan fingerprint density at radius 3 is 2.20 bits per heavy atom. The van der Waals surface area contributed by atoms with Gasteiger partial charge in [0.1, 0.15) is 11.7 Å². The van der Waals surface area contributed by atoms with Gasteiger partial charge in [0.25, 0.3) is 0 Å². The third-order valence-corrected chi connectivity index (χ3v) is 9.20. The van der Waals surface area contributed by atoms with Crippen molar-refractivity contribution >= 4 is 41.2 Å². The quantitative estimate of drug-likeness (QED) is 0.280. The van der Waals surface area contributed by atoms with E-state index in [1.54, 1.807) is 6.07 Å². The van der Waals surface area contributed by atoms with Crippen LogP contribution < -0.4 is 17.2 Å². The van der Waals surface area contributed by atoms with Crippen LogP contribution in [0.15, 0.2) is 36.4 Å². The molecule has 234 valence electrons. The van der Waals surface area contributed by atoms with Crippen molar-refractivity contribution in [2.45, 2.75) is 36.1 Å². The van der Waals surface area contributed by atoms with Crippen molar-refractivity contribution in [1.82, 2.24) is 4.90 Å². The van der Waals surface area contributed by atoms with Crippen LogP contribution >= 0.6 is 0 Å². The highest BCUT2D eigenvalue weighted by Gasteiger charge is 2.78. The Labute approximate surface area is 254 Å². The minimum Gasteiger partial charge on any atom is -0.507 e. The monoisotopic (exact) mass is 623 g/mol. The van der Waals surface area contributed by atoms with Crippen LogP contribution in [-0.4, -0.2) is 70.3 Å². The highest BCUT2D eigenvalue weighted by Crippen LogP contribution is 2.56. The number of carbonyl (C=O) groups is 5. The molecule has 3 aliphatic carbocycles. The van der Waals surface area contributed by atoms with E-state index in [0.717, 1.165) is 12.1 Å². The summed E-state index contributed by atoms with van der Waals surface area (Å²) in [6.45, 7) is 0. The van der Waals surface area contributed by atoms with Gasteiger partial charge in [0.05, 0.1) is 28.8 Å². The molecular weight excluding hydrogens is 595 g/mol. The van der Waals surface area contributed by atoms with E-state index < -0.39 is 87.3 Å². The Bertz CT molecular complexity index is 1760. The number of carbonyl (C=O) groups excluding carboxylic acids is 5. The third-order valence-electron chi connectivity index (χ3n) is 9.20. The van der Waals surface area contributed by atoms with E-state index in [0.29, 0.717) is 11.1 Å². The molecule has 1 amide bonds. The second-order valence-corrected chi connectivity index (χ2v) is 12.1. The molecule has 2 saturated carbocycles. The average Bonchev–Trinajstić information content (AvgIpc) is 2.91. The number of likely N-dealkylation sites (N-methyl/N-ethyl adjacent to an activating group) is 1. The lowest BCUT2D eigenvalue weighted by Crippen LogP contribution is -2.85. The number of primary amides is 1. The van der Waals surface area contributed by atoms with Gasteiger partial charge in [-0.1, -0.05) is 30.4 Å². The minimum atomic E-state index is -4.52. The van der Waals surface area contributed by atoms with Gasteiger partial charge in [-0.15, -0.1) is 0 Å². The first-order valence-electron chi connectivity index (χ1n) is 13.7. The second kappa shape index (κ2) is 10.2. The largest absolute Gasteiger partial charge is 0.507 e. The minimum absolute atomic E-state index is 0.188. The molecule has 45 heavy (non-hydrogen) atoms. The van der Waals surface area contributed by atoms with Crippen LogP contribution in [0, 0.1) is 28.6 Å². The van der Waals surface area contributed by atoms with E-state index in [2.05, 4.69) is 0 Å². The number of alkyl halides is 3. The fraction of sp³-hybridized carbons (Fsp3) is 0.355. The molecule has 0 aliphatic heterocycles. The topological polar surface area (TPSA) is 211 Å². The Morgan fingerprint density at radius 2 is 1.67 bits per heavy atom. The number of phenolic OH excluding ortho intramolecular Hbond substituents is 1. The highest BCUT2D eigenvalue weighted by atomic mass is 19.4. The van der Waals surface area contributed by atoms with Gasteiger partial charge in [-0.3, -0.25) is 28.9 Å². The molecule has 2 fully saturated rings. The molecule has 11 nitrogen and oxygen atoms in total. The lowest BCUT2D eigenvalue weighted by atomic mass is 9.42. The van der Waals surface area contributed by atoms with Crippen LogP contribution in [0.1, 0.15) is 39.0 Å². The number of halogens is 3. The summed E-state index contributed by atoms with van der Waals surface area (Å²) in [4.78, 5) is 69.2. The van der Waals surface area contributed by atoms with E-state index in [9.17, 15) is 47.5 Å². The molecule has 3 aliphatic rings. The summed E-state index contributed by atoms with van der Waals surface area (Å²) in [6.07, 6.45) is -2.40. The van der Waals surface area contributed by atoms with Crippen LogP contribution in [-0.2, 0) is 31.8 Å². The summed E-state index contributed by atoms with van der Waals surface area (Å²) in [6, 6.07) is 7.03. The van der Waals surface area contributed by atoms with E-state index in [1.807, 2.05) is 0 Å². The van der Waals surface area contributed by atoms with Gasteiger partial charge >= 0.3 is 6.18 Å². The van der Waals surface area contributed by atoms with Crippen LogP contribution in [0.4, 0.5) is 13.2 Å². The smallest absolute Gasteiger partial charge is 0.416 e. The second-order valence-electron chi connectivity index (χ2n) is 12.1. The maximum Gasteiger partial charge on any atom is 0.416 e. The number of nitriles is 1. The number of hydrogen-bond acceptors (Lipinski definition) is 10. The zero-order valence-corrected chi connectivity index (χ0v) is 24.0. The number of hydrogen-bond donors (Lipinski definition) is 4. The van der Waals surface area contributed by atoms with Crippen molar-refractivity contribution in [3.8, 4) is 11.8 Å². The molecule has 2 aromatic carbocycles. The number of ketones is 4. The zero-order chi connectivity index (χ0) is 33.4. The maximum absolute atomic E-state index is 14.4. The van der Waals surface area contributed by atoms with Crippen molar-refractivity contribution in [1.29, 1.82) is 5.26 Å². The van der Waals surface area contributed by atoms with Crippen LogP contribution in [0.5, 0.6) is 5.75 Å². The Hall–Kier alpha value is -4.71. The number of phenols is 1. The molecule has 6 atom stereocenters. The third kappa shape index (κ3) is 4.33. The molecule has 14 heteroatoms. The summed E-state index contributed by atoms with van der Waals surface area (Å²) in [5, 5.41) is 21.2. The molecule has 0 bridgehead atoms. The van der Waals surface area contributed by atoms with Gasteiger partial charge in [0, 0.05) is 5.54 Å². The maximum atomic E-state index is 14.4. The molecule has 2 aromatic rings. The summed E-state index contributed by atoms with van der Waals surface area (Å²) in [5.41, 5.74) is 11.7. The van der Waals surface area contributed by atoms with Gasteiger partial charge in [-0.2, -0.15) is 18.4 Å². The number of nitrogens with two attached hydrogens (primary N) is 3. The predicted octanol–water partition coefficient (Wildman–Crippen LogP) is 0.998. The van der Waals surface area contributed by atoms with Crippen molar-refractivity contribution in [3.63, 3.8) is 0 Å². The summed E-state index contributed by atoms with van der Waals surface area (Å²) in [7, 11) is 2.80. The van der Waals surface area contributed by atoms with Gasteiger partial charge in [-0.25, -0.2) is 0 Å². The van der Waals surface area contributed by atoms with Crippen molar-refractivity contribution in [3.05, 3.63) is 64.2 Å². The number of amides is 1. The Morgan fingerprint density at radius 1 is 1.04 bits per heavy atom. The molecule has 0 radical (unpaired) electrons. The first kappa shape index (κ1) is 31.7. The lowest BCUT2D eigenvalue weighted by Gasteiger charge is -2.60. The first-order valence-corrected chi connectivity index (χ1v) is 13.7. The standard InChI is InChI=1S/C31H28F3N5O6/c1-39(2)24-23(42)20(27(36)45)25(43)29(13-35)26(44)21-22(41)19-17(11-28(21,37)12-30(24,29)38)15(7-10-18(19)40)6-3-14-4-8-16(9-5-14)31(32,33)34/h3-10,20-21,24,40H,11-12,37-38H2,1-2H3,(H2,36,45)/b6-3+/t20?,21?,24-,28-,29+,30-/m1/s1. The molecule has 2 unspecified atom stereocenters. The molecule has 0 saturated heterocycles. The van der Waals surface area contributed by atoms with Gasteiger partial charge < -0.3 is 22.3 Å². The summed E-state index contributed by atoms with van der Waals surface area (Å²) >= 11 is 0. The van der Waals surface area contributed by atoms with Crippen LogP contribution in [0.25, 0.3) is 12.2 Å². The number of fused-ring (bicyclic) bond motifs is 3. The van der Waals surface area contributed by atoms with Gasteiger partial charge in [-0.05, 0) is 61.8 Å². The van der Waals surface area contributed by atoms with E-state index in [4.69, 9.17) is 17.2 Å². The molecule has 0 heterocycles. The summed E-state index contributed by atoms with van der Waals surface area (Å²) in [5.74, 6) is -10.7. The number of benzene rings is 2. The molecule has 5 rings (SSSR count). The highest BCUT2D eigenvalue weighted by molar-refractivity contribution is 6.33. The van der Waals surface area contributed by atoms with E-state index in [-0.39, 0.29) is 17.5 Å². The molecule has 0 spiro atoms. The van der Waals surface area contributed by atoms with Crippen LogP contribution in [0.2, 0.25) is 0 Å². The van der Waals surface area contributed by atoms with Crippen molar-refractivity contribution < 1.29 is 42.3 Å². The zero-order valence-electron chi connectivity index (χ0n) is 24.0. The van der Waals surface area contributed by atoms with E-state index >= 15 is 0 Å². The van der Waals surface area contributed by atoms with Crippen LogP contribution in [0.3, 0.4) is 0 Å². The fourth-order valence-electron chi connectivity index (χ4n) is 7.36. The lowest BCUT2D eigenvalue weighted by molar-refractivity contribution is -0.166. The fourth-order valence-corrected chi connectivity index (χ4v) is 7.36. The predicted molar refractivity (Wildman–Crippen MR) is 152 cm³/mol. The Kier molecular flexibility index (Phi) is 7.16. The number of nitrogens with zero attached hydrogens (tertiary/aromatic N) is 2. The summed E-state index contributed by atoms with van der Waals surface area (Å²) < 4.78 is 38.9. The van der Waals surface area contributed by atoms with Crippen molar-refractivity contribution in [2.24, 2.45) is 34.5 Å². The molecule has 7 N–H and O–H groups in total. The number of Topliss-reactive ketones (excluding diaryl/α,β-unsaturated/α-hetero) is 4. The first-order chi connectivity index (χ1) is 20.9. The number of rotatable bonds is 4.